The Labute approximate surface area is 105 Å². The maximum absolute atomic E-state index is 12.1. The monoisotopic (exact) mass is 273 g/mol. The lowest BCUT2D eigenvalue weighted by atomic mass is 9.81. The Morgan fingerprint density at radius 3 is 2.56 bits per heavy atom. The van der Waals surface area contributed by atoms with Crippen molar-refractivity contribution in [3.63, 3.8) is 0 Å². The maximum Gasteiger partial charge on any atom is 0.309 e. The molecule has 1 fully saturated rings. The van der Waals surface area contributed by atoms with Gasteiger partial charge in [-0.15, -0.1) is 0 Å². The highest BCUT2D eigenvalue weighted by atomic mass is 32.2. The summed E-state index contributed by atoms with van der Waals surface area (Å²) in [5.41, 5.74) is -0.833. The quantitative estimate of drug-likeness (QED) is 0.823. The summed E-state index contributed by atoms with van der Waals surface area (Å²) in [4.78, 5) is 11.1. The molecule has 0 saturated carbocycles. The minimum Gasteiger partial charge on any atom is -0.481 e. The fourth-order valence-corrected chi connectivity index (χ4v) is 3.30. The number of aromatic nitrogens is 2. The summed E-state index contributed by atoms with van der Waals surface area (Å²) >= 11 is 0. The van der Waals surface area contributed by atoms with Crippen LogP contribution in [-0.4, -0.2) is 47.1 Å². The van der Waals surface area contributed by atoms with Crippen molar-refractivity contribution in [1.29, 1.82) is 0 Å². The first-order valence-corrected chi connectivity index (χ1v) is 7.03. The van der Waals surface area contributed by atoms with Crippen LogP contribution >= 0.6 is 0 Å². The summed E-state index contributed by atoms with van der Waals surface area (Å²) in [6.45, 7) is 2.07. The fraction of sp³-hybridized carbons (Fsp3) is 0.600. The minimum atomic E-state index is -3.57. The zero-order chi connectivity index (χ0) is 13.4. The van der Waals surface area contributed by atoms with Gasteiger partial charge in [-0.3, -0.25) is 9.89 Å². The molecular formula is C10H15N3O4S. The third-order valence-electron chi connectivity index (χ3n) is 3.44. The number of H-pyrrole nitrogens is 1. The molecule has 0 bridgehead atoms. The zero-order valence-corrected chi connectivity index (χ0v) is 10.8. The van der Waals surface area contributed by atoms with Crippen molar-refractivity contribution in [2.24, 2.45) is 5.41 Å². The number of carboxylic acids is 1. The standard InChI is InChI=1S/C10H15N3O4S/c1-10(9(14)15)3-6-13(7-4-10)18(16,17)8-2-5-11-12-8/h2,5H,3-4,6-7H2,1H3,(H,11,12)(H,14,15). The van der Waals surface area contributed by atoms with Crippen molar-refractivity contribution < 1.29 is 18.3 Å². The molecule has 1 aromatic heterocycles. The predicted octanol–water partition coefficient (Wildman–Crippen LogP) is 0.285. The SMILES string of the molecule is CC1(C(=O)O)CCN(S(=O)(=O)c2ccn[nH]2)CC1. The van der Waals surface area contributed by atoms with Gasteiger partial charge in [-0.25, -0.2) is 8.42 Å². The predicted molar refractivity (Wildman–Crippen MR) is 62.3 cm³/mol. The first kappa shape index (κ1) is 13.0. The van der Waals surface area contributed by atoms with E-state index >= 15 is 0 Å². The van der Waals surface area contributed by atoms with Gasteiger partial charge in [0.15, 0.2) is 5.03 Å². The van der Waals surface area contributed by atoms with Gasteiger partial charge in [-0.2, -0.15) is 9.40 Å². The van der Waals surface area contributed by atoms with Gasteiger partial charge in [0.05, 0.1) is 11.6 Å². The Balaban J connectivity index is 2.14. The van der Waals surface area contributed by atoms with Gasteiger partial charge in [0.2, 0.25) is 0 Å². The number of nitrogens with one attached hydrogen (secondary N) is 1. The molecule has 2 heterocycles. The number of sulfonamides is 1. The van der Waals surface area contributed by atoms with Crippen LogP contribution in [0.3, 0.4) is 0 Å². The summed E-state index contributed by atoms with van der Waals surface area (Å²) in [5.74, 6) is -0.874. The first-order chi connectivity index (χ1) is 8.36. The topological polar surface area (TPSA) is 103 Å². The van der Waals surface area contributed by atoms with Crippen LogP contribution in [0.1, 0.15) is 19.8 Å². The van der Waals surface area contributed by atoms with E-state index in [2.05, 4.69) is 10.2 Å². The lowest BCUT2D eigenvalue weighted by molar-refractivity contribution is -0.150. The summed E-state index contributed by atoms with van der Waals surface area (Å²) in [5, 5.41) is 15.2. The number of aliphatic carboxylic acids is 1. The maximum atomic E-state index is 12.1. The van der Waals surface area contributed by atoms with Crippen LogP contribution in [0.5, 0.6) is 0 Å². The van der Waals surface area contributed by atoms with Crippen molar-refractivity contribution >= 4 is 16.0 Å². The summed E-state index contributed by atoms with van der Waals surface area (Å²) < 4.78 is 25.6. The highest BCUT2D eigenvalue weighted by Gasteiger charge is 2.40. The second-order valence-electron chi connectivity index (χ2n) is 4.69. The van der Waals surface area contributed by atoms with Crippen LogP contribution in [0, 0.1) is 5.41 Å². The van der Waals surface area contributed by atoms with Crippen LogP contribution in [0.25, 0.3) is 0 Å². The van der Waals surface area contributed by atoms with Gasteiger partial charge < -0.3 is 5.11 Å². The molecule has 8 heteroatoms. The summed E-state index contributed by atoms with van der Waals surface area (Å²) in [6.07, 6.45) is 2.00. The van der Waals surface area contributed by atoms with Crippen molar-refractivity contribution in [3.05, 3.63) is 12.3 Å². The average molecular weight is 273 g/mol. The molecule has 7 nitrogen and oxygen atoms in total. The molecule has 0 aromatic carbocycles. The molecule has 0 spiro atoms. The second kappa shape index (κ2) is 4.36. The molecule has 0 radical (unpaired) electrons. The van der Waals surface area contributed by atoms with Crippen LogP contribution in [0.15, 0.2) is 17.3 Å². The van der Waals surface area contributed by atoms with Gasteiger partial charge in [-0.05, 0) is 25.8 Å². The Kier molecular flexibility index (Phi) is 3.16. The molecule has 0 unspecified atom stereocenters. The van der Waals surface area contributed by atoms with Gasteiger partial charge in [0.1, 0.15) is 0 Å². The van der Waals surface area contributed by atoms with E-state index in [1.54, 1.807) is 6.92 Å². The fourth-order valence-electron chi connectivity index (χ4n) is 1.96. The number of hydrogen-bond acceptors (Lipinski definition) is 4. The molecule has 0 aliphatic carbocycles. The minimum absolute atomic E-state index is 0.0430. The van der Waals surface area contributed by atoms with E-state index in [9.17, 15) is 13.2 Å². The van der Waals surface area contributed by atoms with Gasteiger partial charge >= 0.3 is 5.97 Å². The molecule has 0 atom stereocenters. The van der Waals surface area contributed by atoms with E-state index in [0.717, 1.165) is 0 Å². The van der Waals surface area contributed by atoms with Gasteiger partial charge in [-0.1, -0.05) is 0 Å². The van der Waals surface area contributed by atoms with Crippen LogP contribution in [0.4, 0.5) is 0 Å². The van der Waals surface area contributed by atoms with Crippen molar-refractivity contribution in [1.82, 2.24) is 14.5 Å². The summed E-state index contributed by atoms with van der Waals surface area (Å²) in [6, 6.07) is 1.39. The number of piperidine rings is 1. The van der Waals surface area contributed by atoms with E-state index in [4.69, 9.17) is 5.11 Å². The third-order valence-corrected chi connectivity index (χ3v) is 5.26. The molecule has 2 rings (SSSR count). The Morgan fingerprint density at radius 1 is 1.50 bits per heavy atom. The smallest absolute Gasteiger partial charge is 0.309 e. The normalized spacial score (nSPS) is 20.7. The molecule has 0 amide bonds. The molecule has 1 aliphatic rings. The van der Waals surface area contributed by atoms with Crippen LogP contribution in [-0.2, 0) is 14.8 Å². The van der Waals surface area contributed by atoms with E-state index in [1.165, 1.54) is 16.6 Å². The Morgan fingerprint density at radius 2 is 2.11 bits per heavy atom. The molecule has 100 valence electrons. The third kappa shape index (κ3) is 2.13. The Bertz CT molecular complexity index is 529. The van der Waals surface area contributed by atoms with E-state index in [1.807, 2.05) is 0 Å². The lowest BCUT2D eigenvalue weighted by Gasteiger charge is -2.35. The average Bonchev–Trinajstić information content (AvgIpc) is 2.83. The number of carbonyl (C=O) groups is 1. The number of rotatable bonds is 3. The second-order valence-corrected chi connectivity index (χ2v) is 6.60. The molecule has 18 heavy (non-hydrogen) atoms. The summed E-state index contributed by atoms with van der Waals surface area (Å²) in [7, 11) is -3.57. The number of hydrogen-bond donors (Lipinski definition) is 2. The van der Waals surface area contributed by atoms with Crippen LogP contribution < -0.4 is 0 Å². The number of nitrogens with zero attached hydrogens (tertiary/aromatic N) is 2. The zero-order valence-electron chi connectivity index (χ0n) is 9.96. The molecule has 1 aliphatic heterocycles. The highest BCUT2D eigenvalue weighted by molar-refractivity contribution is 7.89. The molecular weight excluding hydrogens is 258 g/mol. The molecule has 1 saturated heterocycles. The molecule has 2 N–H and O–H groups in total. The Hall–Kier alpha value is -1.41. The first-order valence-electron chi connectivity index (χ1n) is 5.59. The number of carboxylic acid groups (broad SMARTS) is 1. The van der Waals surface area contributed by atoms with Crippen molar-refractivity contribution in [2.75, 3.05) is 13.1 Å². The molecule has 1 aromatic rings. The number of aromatic amines is 1. The largest absolute Gasteiger partial charge is 0.481 e. The van der Waals surface area contributed by atoms with Gasteiger partial charge in [0, 0.05) is 13.1 Å². The van der Waals surface area contributed by atoms with Crippen LogP contribution in [0.2, 0.25) is 0 Å². The van der Waals surface area contributed by atoms with Crippen molar-refractivity contribution in [3.8, 4) is 0 Å². The highest BCUT2D eigenvalue weighted by Crippen LogP contribution is 2.33. The van der Waals surface area contributed by atoms with E-state index in [-0.39, 0.29) is 18.1 Å². The van der Waals surface area contributed by atoms with E-state index < -0.39 is 21.4 Å². The van der Waals surface area contributed by atoms with E-state index in [0.29, 0.717) is 12.8 Å². The lowest BCUT2D eigenvalue weighted by Crippen LogP contribution is -2.45. The van der Waals surface area contributed by atoms with Crippen molar-refractivity contribution in [2.45, 2.75) is 24.8 Å². The van der Waals surface area contributed by atoms with Gasteiger partial charge in [0.25, 0.3) is 10.0 Å².